The van der Waals surface area contributed by atoms with E-state index < -0.39 is 11.5 Å². The van der Waals surface area contributed by atoms with Gasteiger partial charge in [-0.2, -0.15) is 5.10 Å². The second-order valence-electron chi connectivity index (χ2n) is 7.04. The van der Waals surface area contributed by atoms with Crippen LogP contribution in [0.2, 0.25) is 0 Å². The molecule has 1 fully saturated rings. The van der Waals surface area contributed by atoms with Crippen LogP contribution >= 0.6 is 0 Å². The van der Waals surface area contributed by atoms with Crippen LogP contribution in [0.15, 0.2) is 36.5 Å². The van der Waals surface area contributed by atoms with Crippen LogP contribution in [0.5, 0.6) is 0 Å². The van der Waals surface area contributed by atoms with E-state index in [1.54, 1.807) is 4.68 Å². The van der Waals surface area contributed by atoms with Crippen molar-refractivity contribution in [2.45, 2.75) is 57.5 Å². The van der Waals surface area contributed by atoms with E-state index in [0.717, 1.165) is 36.9 Å². The van der Waals surface area contributed by atoms with Gasteiger partial charge in [-0.3, -0.25) is 9.48 Å². The fourth-order valence-corrected chi connectivity index (χ4v) is 3.59. The van der Waals surface area contributed by atoms with Gasteiger partial charge in [0.2, 0.25) is 0 Å². The van der Waals surface area contributed by atoms with Crippen molar-refractivity contribution >= 4 is 11.9 Å². The van der Waals surface area contributed by atoms with Crippen molar-refractivity contribution in [1.82, 2.24) is 15.1 Å². The van der Waals surface area contributed by atoms with Crippen LogP contribution in [0.4, 0.5) is 0 Å². The molecule has 1 aliphatic carbocycles. The Labute approximate surface area is 153 Å². The molecule has 1 amide bonds. The number of carboxylic acid groups (broad SMARTS) is 1. The molecule has 0 aliphatic heterocycles. The molecule has 0 atom stereocenters. The zero-order valence-electron chi connectivity index (χ0n) is 15.1. The van der Waals surface area contributed by atoms with Crippen LogP contribution in [0, 0.1) is 6.92 Å². The van der Waals surface area contributed by atoms with E-state index in [1.165, 1.54) is 6.20 Å². The maximum atomic E-state index is 12.8. The molecule has 26 heavy (non-hydrogen) atoms. The van der Waals surface area contributed by atoms with Gasteiger partial charge >= 0.3 is 5.97 Å². The summed E-state index contributed by atoms with van der Waals surface area (Å²) in [7, 11) is 0. The highest BCUT2D eigenvalue weighted by Crippen LogP contribution is 2.28. The number of amides is 1. The minimum absolute atomic E-state index is 0.355. The van der Waals surface area contributed by atoms with Gasteiger partial charge in [0, 0.05) is 5.69 Å². The van der Waals surface area contributed by atoms with E-state index in [-0.39, 0.29) is 5.91 Å². The molecule has 138 valence electrons. The number of benzene rings is 1. The van der Waals surface area contributed by atoms with Crippen molar-refractivity contribution in [3.63, 3.8) is 0 Å². The second kappa shape index (κ2) is 7.72. The average molecular weight is 355 g/mol. The summed E-state index contributed by atoms with van der Waals surface area (Å²) in [5.74, 6) is -1.30. The minimum atomic E-state index is -1.17. The number of carboxylic acids is 1. The number of aromatic nitrogens is 2. The smallest absolute Gasteiger partial charge is 0.329 e. The molecule has 0 unspecified atom stereocenters. The number of carbonyl (C=O) groups excluding carboxylic acids is 1. The maximum absolute atomic E-state index is 12.8. The lowest BCUT2D eigenvalue weighted by Crippen LogP contribution is -2.54. The van der Waals surface area contributed by atoms with Crippen LogP contribution in [0.25, 0.3) is 0 Å². The lowest BCUT2D eigenvalue weighted by molar-refractivity contribution is -0.145. The Kier molecular flexibility index (Phi) is 5.40. The van der Waals surface area contributed by atoms with Gasteiger partial charge in [0.05, 0.1) is 18.3 Å². The molecule has 6 heteroatoms. The molecule has 1 saturated carbocycles. The molecule has 0 spiro atoms. The van der Waals surface area contributed by atoms with Gasteiger partial charge in [0.1, 0.15) is 5.54 Å². The Morgan fingerprint density at radius 3 is 2.42 bits per heavy atom. The molecule has 0 radical (unpaired) electrons. The second-order valence-corrected chi connectivity index (χ2v) is 7.04. The number of aliphatic carboxylic acids is 1. The first-order valence-electron chi connectivity index (χ1n) is 9.14. The van der Waals surface area contributed by atoms with Crippen molar-refractivity contribution in [3.8, 4) is 0 Å². The average Bonchev–Trinajstić information content (AvgIpc) is 2.83. The lowest BCUT2D eigenvalue weighted by Gasteiger charge is -2.29. The van der Waals surface area contributed by atoms with E-state index in [2.05, 4.69) is 10.4 Å². The molecule has 1 heterocycles. The Hall–Kier alpha value is -2.63. The van der Waals surface area contributed by atoms with Crippen LogP contribution < -0.4 is 5.32 Å². The highest BCUT2D eigenvalue weighted by Gasteiger charge is 2.40. The fourth-order valence-electron chi connectivity index (χ4n) is 3.59. The van der Waals surface area contributed by atoms with Gasteiger partial charge in [-0.1, -0.05) is 56.0 Å². The van der Waals surface area contributed by atoms with Gasteiger partial charge in [-0.15, -0.1) is 0 Å². The summed E-state index contributed by atoms with van der Waals surface area (Å²) in [6.45, 7) is 2.41. The van der Waals surface area contributed by atoms with Crippen molar-refractivity contribution in [2.24, 2.45) is 0 Å². The number of nitrogens with one attached hydrogen (secondary N) is 1. The van der Waals surface area contributed by atoms with Gasteiger partial charge in [-0.05, 0) is 25.3 Å². The molecule has 1 aromatic carbocycles. The topological polar surface area (TPSA) is 84.2 Å². The first kappa shape index (κ1) is 18.2. The summed E-state index contributed by atoms with van der Waals surface area (Å²) in [6, 6.07) is 9.89. The highest BCUT2D eigenvalue weighted by atomic mass is 16.4. The SMILES string of the molecule is Cc1c(C(=O)NC2(C(=O)O)CCCCCC2)cnn1Cc1ccccc1. The number of carbonyl (C=O) groups is 2. The first-order chi connectivity index (χ1) is 12.5. The Bertz CT molecular complexity index is 775. The number of hydrogen-bond donors (Lipinski definition) is 2. The van der Waals surface area contributed by atoms with E-state index in [4.69, 9.17) is 0 Å². The minimum Gasteiger partial charge on any atom is -0.480 e. The molecule has 2 aromatic rings. The van der Waals surface area contributed by atoms with Gasteiger partial charge in [0.25, 0.3) is 5.91 Å². The summed E-state index contributed by atoms with van der Waals surface area (Å²) in [4.78, 5) is 24.7. The van der Waals surface area contributed by atoms with Crippen molar-refractivity contribution in [2.75, 3.05) is 0 Å². The van der Waals surface area contributed by atoms with Crippen LogP contribution in [-0.2, 0) is 11.3 Å². The van der Waals surface area contributed by atoms with Crippen LogP contribution in [0.3, 0.4) is 0 Å². The van der Waals surface area contributed by atoms with Crippen LogP contribution in [0.1, 0.15) is 60.1 Å². The predicted molar refractivity (Wildman–Crippen MR) is 98.0 cm³/mol. The summed E-state index contributed by atoms with van der Waals surface area (Å²) in [5, 5.41) is 16.9. The highest BCUT2D eigenvalue weighted by molar-refractivity contribution is 5.98. The number of nitrogens with zero attached hydrogens (tertiary/aromatic N) is 2. The summed E-state index contributed by atoms with van der Waals surface area (Å²) < 4.78 is 1.77. The third kappa shape index (κ3) is 3.79. The fraction of sp³-hybridized carbons (Fsp3) is 0.450. The largest absolute Gasteiger partial charge is 0.480 e. The van der Waals surface area contributed by atoms with E-state index >= 15 is 0 Å². The summed E-state index contributed by atoms with van der Waals surface area (Å²) in [5.41, 5.74) is 1.10. The summed E-state index contributed by atoms with van der Waals surface area (Å²) >= 11 is 0. The predicted octanol–water partition coefficient (Wildman–Crippen LogP) is 3.15. The van der Waals surface area contributed by atoms with Gasteiger partial charge in [-0.25, -0.2) is 4.79 Å². The summed E-state index contributed by atoms with van der Waals surface area (Å²) in [6.07, 6.45) is 6.14. The molecule has 0 saturated heterocycles. The quantitative estimate of drug-likeness (QED) is 0.807. The van der Waals surface area contributed by atoms with Crippen molar-refractivity contribution in [1.29, 1.82) is 0 Å². The third-order valence-corrected chi connectivity index (χ3v) is 5.24. The Morgan fingerprint density at radius 2 is 1.81 bits per heavy atom. The molecule has 0 bridgehead atoms. The normalized spacial score (nSPS) is 16.7. The number of hydrogen-bond acceptors (Lipinski definition) is 3. The van der Waals surface area contributed by atoms with Crippen molar-refractivity contribution in [3.05, 3.63) is 53.3 Å². The van der Waals surface area contributed by atoms with Gasteiger partial charge in [0.15, 0.2) is 0 Å². The first-order valence-corrected chi connectivity index (χ1v) is 9.14. The molecule has 1 aromatic heterocycles. The Morgan fingerprint density at radius 1 is 1.15 bits per heavy atom. The zero-order chi connectivity index (χ0) is 18.6. The van der Waals surface area contributed by atoms with Crippen molar-refractivity contribution < 1.29 is 14.7 Å². The Balaban J connectivity index is 1.78. The monoisotopic (exact) mass is 355 g/mol. The van der Waals surface area contributed by atoms with Crippen LogP contribution in [-0.4, -0.2) is 32.3 Å². The molecule has 2 N–H and O–H groups in total. The standard InChI is InChI=1S/C20H25N3O3/c1-15-17(13-21-23(15)14-16-9-5-4-6-10-16)18(24)22-20(19(25)26)11-7-2-3-8-12-20/h4-6,9-10,13H,2-3,7-8,11-12,14H2,1H3,(H,22,24)(H,25,26). The molecular weight excluding hydrogens is 330 g/mol. The third-order valence-electron chi connectivity index (χ3n) is 5.24. The molecular formula is C20H25N3O3. The maximum Gasteiger partial charge on any atom is 0.329 e. The number of rotatable bonds is 5. The molecule has 6 nitrogen and oxygen atoms in total. The molecule has 3 rings (SSSR count). The zero-order valence-corrected chi connectivity index (χ0v) is 15.1. The van der Waals surface area contributed by atoms with E-state index in [9.17, 15) is 14.7 Å². The molecule has 1 aliphatic rings. The van der Waals surface area contributed by atoms with Gasteiger partial charge < -0.3 is 10.4 Å². The van der Waals surface area contributed by atoms with E-state index in [1.807, 2.05) is 37.3 Å². The van der Waals surface area contributed by atoms with E-state index in [0.29, 0.717) is 24.9 Å². The lowest BCUT2D eigenvalue weighted by atomic mass is 9.90.